The average Bonchev–Trinajstić information content (AvgIpc) is 2.10. The number of hydrogen-bond donors (Lipinski definition) is 1. The van der Waals surface area contributed by atoms with Crippen LogP contribution in [0.25, 0.3) is 0 Å². The first-order chi connectivity index (χ1) is 6.49. The number of carboxylic acids is 1. The topological polar surface area (TPSA) is 63.6 Å². The van der Waals surface area contributed by atoms with Crippen LogP contribution in [0.2, 0.25) is 0 Å². The van der Waals surface area contributed by atoms with Crippen LogP contribution in [0.5, 0.6) is 0 Å². The zero-order valence-electron chi connectivity index (χ0n) is 8.95. The minimum atomic E-state index is -0.787. The van der Waals surface area contributed by atoms with Crippen LogP contribution in [-0.4, -0.2) is 24.2 Å². The molecular weight excluding hydrogens is 184 g/mol. The van der Waals surface area contributed by atoms with Gasteiger partial charge in [-0.05, 0) is 18.8 Å². The number of carbonyl (C=O) groups excluding carboxylic acids is 1. The van der Waals surface area contributed by atoms with E-state index in [4.69, 9.17) is 5.11 Å². The third-order valence-corrected chi connectivity index (χ3v) is 2.25. The van der Waals surface area contributed by atoms with Crippen LogP contribution in [0, 0.1) is 11.8 Å². The van der Waals surface area contributed by atoms with Gasteiger partial charge in [-0.2, -0.15) is 0 Å². The summed E-state index contributed by atoms with van der Waals surface area (Å²) in [5.74, 6) is -1.33. The van der Waals surface area contributed by atoms with Crippen LogP contribution in [0.1, 0.15) is 33.1 Å². The number of methoxy groups -OCH3 is 1. The van der Waals surface area contributed by atoms with Gasteiger partial charge < -0.3 is 9.84 Å². The summed E-state index contributed by atoms with van der Waals surface area (Å²) < 4.78 is 4.47. The number of rotatable bonds is 6. The normalized spacial score (nSPS) is 12.6. The molecular formula is C10H18O4. The van der Waals surface area contributed by atoms with Gasteiger partial charge in [0.05, 0.1) is 13.0 Å². The minimum absolute atomic E-state index is 0.102. The fourth-order valence-corrected chi connectivity index (χ4v) is 1.31. The first-order valence-corrected chi connectivity index (χ1v) is 4.78. The second-order valence-electron chi connectivity index (χ2n) is 3.66. The Bertz CT molecular complexity index is 198. The SMILES string of the molecule is COC(=O)CCC[C@H](C(=O)O)C(C)C. The van der Waals surface area contributed by atoms with Crippen LogP contribution in [0.4, 0.5) is 0 Å². The van der Waals surface area contributed by atoms with E-state index in [1.165, 1.54) is 7.11 Å². The van der Waals surface area contributed by atoms with Gasteiger partial charge >= 0.3 is 11.9 Å². The Kier molecular flexibility index (Phi) is 5.92. The van der Waals surface area contributed by atoms with Crippen molar-refractivity contribution >= 4 is 11.9 Å². The van der Waals surface area contributed by atoms with E-state index >= 15 is 0 Å². The Balaban J connectivity index is 3.84. The van der Waals surface area contributed by atoms with Crippen molar-refractivity contribution in [1.82, 2.24) is 0 Å². The first kappa shape index (κ1) is 12.9. The smallest absolute Gasteiger partial charge is 0.306 e. The van der Waals surface area contributed by atoms with Crippen molar-refractivity contribution in [2.45, 2.75) is 33.1 Å². The van der Waals surface area contributed by atoms with Gasteiger partial charge in [0.15, 0.2) is 0 Å². The summed E-state index contributed by atoms with van der Waals surface area (Å²) in [6, 6.07) is 0. The Labute approximate surface area is 84.3 Å². The Morgan fingerprint density at radius 3 is 2.29 bits per heavy atom. The number of carbonyl (C=O) groups is 2. The molecule has 0 aromatic rings. The zero-order chi connectivity index (χ0) is 11.1. The lowest BCUT2D eigenvalue weighted by Crippen LogP contribution is -2.19. The predicted molar refractivity (Wildman–Crippen MR) is 51.8 cm³/mol. The second-order valence-corrected chi connectivity index (χ2v) is 3.66. The Morgan fingerprint density at radius 1 is 1.36 bits per heavy atom. The Morgan fingerprint density at radius 2 is 1.93 bits per heavy atom. The summed E-state index contributed by atoms with van der Waals surface area (Å²) in [5, 5.41) is 8.85. The number of carboxylic acid groups (broad SMARTS) is 1. The van der Waals surface area contributed by atoms with Gasteiger partial charge in [-0.25, -0.2) is 0 Å². The molecule has 0 aromatic carbocycles. The van der Waals surface area contributed by atoms with Gasteiger partial charge in [0, 0.05) is 6.42 Å². The van der Waals surface area contributed by atoms with Crippen molar-refractivity contribution in [3.05, 3.63) is 0 Å². The lowest BCUT2D eigenvalue weighted by molar-refractivity contribution is -0.145. The molecule has 0 bridgehead atoms. The average molecular weight is 202 g/mol. The maximum Gasteiger partial charge on any atom is 0.306 e. The van der Waals surface area contributed by atoms with Gasteiger partial charge in [-0.1, -0.05) is 13.8 Å². The predicted octanol–water partition coefficient (Wildman–Crippen LogP) is 1.69. The standard InChI is InChI=1S/C10H18O4/c1-7(2)8(10(12)13)5-4-6-9(11)14-3/h7-8H,4-6H2,1-3H3,(H,12,13)/t8-/m0/s1. The molecule has 0 aromatic heterocycles. The molecule has 0 saturated carbocycles. The van der Waals surface area contributed by atoms with E-state index in [1.807, 2.05) is 13.8 Å². The van der Waals surface area contributed by atoms with E-state index in [9.17, 15) is 9.59 Å². The van der Waals surface area contributed by atoms with Crippen molar-refractivity contribution in [2.24, 2.45) is 11.8 Å². The molecule has 0 aliphatic carbocycles. The third kappa shape index (κ3) is 4.84. The summed E-state index contributed by atoms with van der Waals surface area (Å²) in [4.78, 5) is 21.5. The molecule has 0 rings (SSSR count). The van der Waals surface area contributed by atoms with Crippen LogP contribution < -0.4 is 0 Å². The van der Waals surface area contributed by atoms with Gasteiger partial charge in [-0.3, -0.25) is 9.59 Å². The Hall–Kier alpha value is -1.06. The summed E-state index contributed by atoms with van der Waals surface area (Å²) >= 11 is 0. The van der Waals surface area contributed by atoms with Gasteiger partial charge in [0.25, 0.3) is 0 Å². The van der Waals surface area contributed by atoms with Crippen molar-refractivity contribution < 1.29 is 19.4 Å². The number of hydrogen-bond acceptors (Lipinski definition) is 3. The zero-order valence-corrected chi connectivity index (χ0v) is 8.95. The van der Waals surface area contributed by atoms with Gasteiger partial charge in [0.1, 0.15) is 0 Å². The maximum absolute atomic E-state index is 10.8. The molecule has 0 radical (unpaired) electrons. The van der Waals surface area contributed by atoms with Crippen LogP contribution in [0.3, 0.4) is 0 Å². The summed E-state index contributed by atoms with van der Waals surface area (Å²) in [7, 11) is 1.33. The molecule has 0 aliphatic heterocycles. The van der Waals surface area contributed by atoms with E-state index < -0.39 is 5.97 Å². The molecule has 0 amide bonds. The molecule has 0 unspecified atom stereocenters. The monoisotopic (exact) mass is 202 g/mol. The maximum atomic E-state index is 10.8. The van der Waals surface area contributed by atoms with E-state index in [2.05, 4.69) is 4.74 Å². The molecule has 0 heterocycles. The lowest BCUT2D eigenvalue weighted by Gasteiger charge is -2.15. The van der Waals surface area contributed by atoms with Gasteiger partial charge in [0.2, 0.25) is 0 Å². The van der Waals surface area contributed by atoms with E-state index in [0.29, 0.717) is 19.3 Å². The second kappa shape index (κ2) is 6.40. The quantitative estimate of drug-likeness (QED) is 0.666. The molecule has 4 nitrogen and oxygen atoms in total. The third-order valence-electron chi connectivity index (χ3n) is 2.25. The minimum Gasteiger partial charge on any atom is -0.481 e. The van der Waals surface area contributed by atoms with Crippen molar-refractivity contribution in [2.75, 3.05) is 7.11 Å². The number of ether oxygens (including phenoxy) is 1. The van der Waals surface area contributed by atoms with Crippen LogP contribution in [-0.2, 0) is 14.3 Å². The fraction of sp³-hybridized carbons (Fsp3) is 0.800. The molecule has 14 heavy (non-hydrogen) atoms. The summed E-state index contributed by atoms with van der Waals surface area (Å²) in [6.45, 7) is 3.74. The summed E-state index contributed by atoms with van der Waals surface area (Å²) in [6.07, 6.45) is 1.40. The van der Waals surface area contributed by atoms with Crippen molar-refractivity contribution in [3.63, 3.8) is 0 Å². The van der Waals surface area contributed by atoms with Crippen LogP contribution >= 0.6 is 0 Å². The largest absolute Gasteiger partial charge is 0.481 e. The fourth-order valence-electron chi connectivity index (χ4n) is 1.31. The lowest BCUT2D eigenvalue weighted by atomic mass is 9.91. The molecule has 0 aliphatic rings. The molecule has 1 N–H and O–H groups in total. The molecule has 82 valence electrons. The molecule has 1 atom stereocenters. The molecule has 0 fully saturated rings. The van der Waals surface area contributed by atoms with Gasteiger partial charge in [-0.15, -0.1) is 0 Å². The highest BCUT2D eigenvalue weighted by Crippen LogP contribution is 2.18. The highest BCUT2D eigenvalue weighted by molar-refractivity contribution is 5.71. The van der Waals surface area contributed by atoms with E-state index in [-0.39, 0.29) is 17.8 Å². The molecule has 0 spiro atoms. The van der Waals surface area contributed by atoms with E-state index in [1.54, 1.807) is 0 Å². The number of aliphatic carboxylic acids is 1. The highest BCUT2D eigenvalue weighted by atomic mass is 16.5. The molecule has 0 saturated heterocycles. The van der Waals surface area contributed by atoms with Crippen LogP contribution in [0.15, 0.2) is 0 Å². The van der Waals surface area contributed by atoms with E-state index in [0.717, 1.165) is 0 Å². The highest BCUT2D eigenvalue weighted by Gasteiger charge is 2.20. The molecule has 4 heteroatoms. The van der Waals surface area contributed by atoms with Crippen molar-refractivity contribution in [3.8, 4) is 0 Å². The van der Waals surface area contributed by atoms with Crippen molar-refractivity contribution in [1.29, 1.82) is 0 Å². The summed E-state index contributed by atoms with van der Waals surface area (Å²) in [5.41, 5.74) is 0. The first-order valence-electron chi connectivity index (χ1n) is 4.78. The number of esters is 1.